The van der Waals surface area contributed by atoms with Gasteiger partial charge in [-0.05, 0) is 37.1 Å². The molecular weight excluding hydrogens is 202 g/mol. The minimum absolute atomic E-state index is 0.0157. The van der Waals surface area contributed by atoms with Gasteiger partial charge in [-0.25, -0.2) is 0 Å². The van der Waals surface area contributed by atoms with Crippen LogP contribution < -0.4 is 10.5 Å². The van der Waals surface area contributed by atoms with E-state index in [-0.39, 0.29) is 5.78 Å². The second-order valence-electron chi connectivity index (χ2n) is 3.94. The van der Waals surface area contributed by atoms with Gasteiger partial charge in [0, 0.05) is 5.56 Å². The lowest BCUT2D eigenvalue weighted by Crippen LogP contribution is -2.30. The second-order valence-corrected chi connectivity index (χ2v) is 3.94. The maximum absolute atomic E-state index is 12.0. The van der Waals surface area contributed by atoms with Crippen LogP contribution in [0.1, 0.15) is 35.7 Å². The van der Waals surface area contributed by atoms with Crippen molar-refractivity contribution in [2.24, 2.45) is 5.73 Å². The number of Topliss-reactive ketones (excluding diaryl/α,β-unsaturated/α-hetero) is 1. The van der Waals surface area contributed by atoms with Crippen LogP contribution in [0.4, 0.5) is 0 Å². The number of rotatable bonds is 5. The summed E-state index contributed by atoms with van der Waals surface area (Å²) in [5.41, 5.74) is 7.43. The monoisotopic (exact) mass is 221 g/mol. The summed E-state index contributed by atoms with van der Waals surface area (Å²) in [5, 5.41) is 0. The molecule has 0 saturated carbocycles. The minimum Gasteiger partial charge on any atom is -0.497 e. The molecule has 2 N–H and O–H groups in total. The van der Waals surface area contributed by atoms with E-state index in [0.717, 1.165) is 24.2 Å². The summed E-state index contributed by atoms with van der Waals surface area (Å²) in [4.78, 5) is 12.0. The van der Waals surface area contributed by atoms with Crippen molar-refractivity contribution in [3.63, 3.8) is 0 Å². The van der Waals surface area contributed by atoms with Gasteiger partial charge >= 0.3 is 0 Å². The lowest BCUT2D eigenvalue weighted by atomic mass is 9.97. The van der Waals surface area contributed by atoms with E-state index in [1.807, 2.05) is 19.9 Å². The molecule has 88 valence electrons. The molecule has 1 aromatic carbocycles. The third-order valence-corrected chi connectivity index (χ3v) is 2.64. The van der Waals surface area contributed by atoms with Gasteiger partial charge in [-0.2, -0.15) is 0 Å². The first kappa shape index (κ1) is 12.7. The number of carbonyl (C=O) groups excluding carboxylic acids is 1. The SMILES string of the molecule is CCCC(N)C(=O)c1ccc(OC)cc1C. The van der Waals surface area contributed by atoms with E-state index >= 15 is 0 Å². The molecule has 1 unspecified atom stereocenters. The molecule has 1 atom stereocenters. The Morgan fingerprint density at radius 3 is 2.69 bits per heavy atom. The van der Waals surface area contributed by atoms with Crippen molar-refractivity contribution in [1.82, 2.24) is 0 Å². The van der Waals surface area contributed by atoms with Gasteiger partial charge in [0.2, 0.25) is 0 Å². The third-order valence-electron chi connectivity index (χ3n) is 2.64. The van der Waals surface area contributed by atoms with E-state index in [4.69, 9.17) is 10.5 Å². The Bertz CT molecular complexity index is 374. The van der Waals surface area contributed by atoms with E-state index < -0.39 is 6.04 Å². The van der Waals surface area contributed by atoms with Crippen molar-refractivity contribution in [2.45, 2.75) is 32.7 Å². The first-order valence-corrected chi connectivity index (χ1v) is 5.54. The molecule has 0 saturated heterocycles. The van der Waals surface area contributed by atoms with Crippen molar-refractivity contribution in [1.29, 1.82) is 0 Å². The average Bonchev–Trinajstić information content (AvgIpc) is 2.28. The number of hydrogen-bond donors (Lipinski definition) is 1. The highest BCUT2D eigenvalue weighted by atomic mass is 16.5. The molecule has 3 nitrogen and oxygen atoms in total. The van der Waals surface area contributed by atoms with Crippen molar-refractivity contribution in [2.75, 3.05) is 7.11 Å². The van der Waals surface area contributed by atoms with Crippen LogP contribution in [-0.4, -0.2) is 18.9 Å². The van der Waals surface area contributed by atoms with E-state index in [1.165, 1.54) is 0 Å². The quantitative estimate of drug-likeness (QED) is 0.776. The van der Waals surface area contributed by atoms with Gasteiger partial charge in [0.1, 0.15) is 5.75 Å². The number of methoxy groups -OCH3 is 1. The van der Waals surface area contributed by atoms with E-state index in [9.17, 15) is 4.79 Å². The van der Waals surface area contributed by atoms with Crippen molar-refractivity contribution >= 4 is 5.78 Å². The summed E-state index contributed by atoms with van der Waals surface area (Å²) < 4.78 is 5.10. The number of nitrogens with two attached hydrogens (primary N) is 1. The lowest BCUT2D eigenvalue weighted by molar-refractivity contribution is 0.0956. The molecule has 0 amide bonds. The summed E-state index contributed by atoms with van der Waals surface area (Å²) >= 11 is 0. The van der Waals surface area contributed by atoms with Crippen LogP contribution in [0.15, 0.2) is 18.2 Å². The molecular formula is C13H19NO2. The average molecular weight is 221 g/mol. The first-order valence-electron chi connectivity index (χ1n) is 5.54. The number of carbonyl (C=O) groups is 1. The fourth-order valence-corrected chi connectivity index (χ4v) is 1.68. The molecule has 0 aliphatic rings. The highest BCUT2D eigenvalue weighted by Gasteiger charge is 2.16. The highest BCUT2D eigenvalue weighted by molar-refractivity contribution is 6.01. The standard InChI is InChI=1S/C13H19NO2/c1-4-5-12(14)13(15)11-7-6-10(16-3)8-9(11)2/h6-8,12H,4-5,14H2,1-3H3. The number of aryl methyl sites for hydroxylation is 1. The van der Waals surface area contributed by atoms with Gasteiger partial charge in [0.15, 0.2) is 5.78 Å². The van der Waals surface area contributed by atoms with Gasteiger partial charge in [-0.15, -0.1) is 0 Å². The van der Waals surface area contributed by atoms with E-state index in [2.05, 4.69) is 0 Å². The minimum atomic E-state index is -0.392. The van der Waals surface area contributed by atoms with Crippen LogP contribution in [-0.2, 0) is 0 Å². The van der Waals surface area contributed by atoms with Crippen LogP contribution in [0, 0.1) is 6.92 Å². The number of benzene rings is 1. The largest absolute Gasteiger partial charge is 0.497 e. The Hall–Kier alpha value is -1.35. The third kappa shape index (κ3) is 2.83. The maximum Gasteiger partial charge on any atom is 0.179 e. The molecule has 1 rings (SSSR count). The predicted molar refractivity (Wildman–Crippen MR) is 64.9 cm³/mol. The molecule has 0 spiro atoms. The molecule has 16 heavy (non-hydrogen) atoms. The molecule has 0 bridgehead atoms. The Morgan fingerprint density at radius 1 is 1.50 bits per heavy atom. The number of ketones is 1. The Kier molecular flexibility index (Phi) is 4.50. The van der Waals surface area contributed by atoms with Crippen molar-refractivity contribution in [3.05, 3.63) is 29.3 Å². The zero-order chi connectivity index (χ0) is 12.1. The fraction of sp³-hybridized carbons (Fsp3) is 0.462. The zero-order valence-electron chi connectivity index (χ0n) is 10.1. The van der Waals surface area contributed by atoms with Gasteiger partial charge in [-0.1, -0.05) is 13.3 Å². The van der Waals surface area contributed by atoms with Crippen LogP contribution in [0.2, 0.25) is 0 Å². The summed E-state index contributed by atoms with van der Waals surface area (Å²) in [6.07, 6.45) is 1.65. The summed E-state index contributed by atoms with van der Waals surface area (Å²) in [6.45, 7) is 3.92. The van der Waals surface area contributed by atoms with E-state index in [1.54, 1.807) is 19.2 Å². The van der Waals surface area contributed by atoms with Gasteiger partial charge in [0.25, 0.3) is 0 Å². The predicted octanol–water partition coefficient (Wildman–Crippen LogP) is 2.31. The summed E-state index contributed by atoms with van der Waals surface area (Å²) in [5.74, 6) is 0.778. The molecule has 0 aromatic heterocycles. The number of ether oxygens (including phenoxy) is 1. The molecule has 3 heteroatoms. The Balaban J connectivity index is 2.91. The fourth-order valence-electron chi connectivity index (χ4n) is 1.68. The van der Waals surface area contributed by atoms with Crippen LogP contribution in [0.25, 0.3) is 0 Å². The molecule has 1 aromatic rings. The Morgan fingerprint density at radius 2 is 2.19 bits per heavy atom. The van der Waals surface area contributed by atoms with Crippen molar-refractivity contribution in [3.8, 4) is 5.75 Å². The zero-order valence-corrected chi connectivity index (χ0v) is 10.1. The molecule has 0 aliphatic carbocycles. The van der Waals surface area contributed by atoms with Gasteiger partial charge in [0.05, 0.1) is 13.2 Å². The normalized spacial score (nSPS) is 12.2. The van der Waals surface area contributed by atoms with Gasteiger partial charge in [-0.3, -0.25) is 4.79 Å². The van der Waals surface area contributed by atoms with Crippen LogP contribution in [0.5, 0.6) is 5.75 Å². The second kappa shape index (κ2) is 5.66. The Labute approximate surface area is 96.6 Å². The highest BCUT2D eigenvalue weighted by Crippen LogP contribution is 2.18. The molecule has 0 radical (unpaired) electrons. The summed E-state index contributed by atoms with van der Waals surface area (Å²) in [7, 11) is 1.61. The molecule has 0 fully saturated rings. The maximum atomic E-state index is 12.0. The lowest BCUT2D eigenvalue weighted by Gasteiger charge is -2.12. The smallest absolute Gasteiger partial charge is 0.179 e. The summed E-state index contributed by atoms with van der Waals surface area (Å²) in [6, 6.07) is 5.04. The van der Waals surface area contributed by atoms with Gasteiger partial charge < -0.3 is 10.5 Å². The molecule has 0 aliphatic heterocycles. The first-order chi connectivity index (χ1) is 7.60. The van der Waals surface area contributed by atoms with Crippen molar-refractivity contribution < 1.29 is 9.53 Å². The van der Waals surface area contributed by atoms with Crippen LogP contribution >= 0.6 is 0 Å². The topological polar surface area (TPSA) is 52.3 Å². The van der Waals surface area contributed by atoms with E-state index in [0.29, 0.717) is 5.56 Å². The molecule has 0 heterocycles. The number of hydrogen-bond acceptors (Lipinski definition) is 3. The van der Waals surface area contributed by atoms with Crippen LogP contribution in [0.3, 0.4) is 0 Å².